The summed E-state index contributed by atoms with van der Waals surface area (Å²) < 4.78 is 0. The number of aromatic amines is 1. The Morgan fingerprint density at radius 2 is 1.94 bits per heavy atom. The average Bonchev–Trinajstić information content (AvgIpc) is 2.84. The number of nitrogens with one attached hydrogen (secondary N) is 2. The lowest BCUT2D eigenvalue weighted by atomic mass is 10.1. The molecule has 4 rings (SSSR count). The molecule has 1 saturated heterocycles. The van der Waals surface area contributed by atoms with E-state index in [2.05, 4.69) is 20.2 Å². The second kappa shape index (κ2) is 9.64. The number of nitrogens with zero attached hydrogens (tertiary/aromatic N) is 3. The quantitative estimate of drug-likeness (QED) is 0.432. The number of aryl methyl sites for hydroxylation is 1. The van der Waals surface area contributed by atoms with Crippen molar-refractivity contribution >= 4 is 23.0 Å². The molecule has 3 aromatic rings. The Morgan fingerprint density at radius 3 is 2.67 bits per heavy atom. The minimum Gasteiger partial charge on any atom is -0.371 e. The van der Waals surface area contributed by atoms with E-state index in [4.69, 9.17) is 0 Å². The van der Waals surface area contributed by atoms with Gasteiger partial charge in [0.15, 0.2) is 0 Å². The molecule has 2 N–H and O–H groups in total. The highest BCUT2D eigenvalue weighted by Crippen LogP contribution is 2.29. The molecule has 0 unspecified atom stereocenters. The first-order chi connectivity index (χ1) is 15.9. The summed E-state index contributed by atoms with van der Waals surface area (Å²) in [6, 6.07) is 12.9. The Bertz CT molecular complexity index is 1250. The zero-order chi connectivity index (χ0) is 23.4. The van der Waals surface area contributed by atoms with Crippen LogP contribution >= 0.6 is 0 Å². The van der Waals surface area contributed by atoms with Gasteiger partial charge in [0.05, 0.1) is 16.2 Å². The van der Waals surface area contributed by atoms with Gasteiger partial charge in [-0.05, 0) is 43.9 Å². The molecule has 0 saturated carbocycles. The number of carbonyl (C=O) groups excluding carboxylic acids is 1. The third-order valence-corrected chi connectivity index (χ3v) is 5.68. The lowest BCUT2D eigenvalue weighted by molar-refractivity contribution is -0.384. The summed E-state index contributed by atoms with van der Waals surface area (Å²) in [6.07, 6.45) is 3.79. The lowest BCUT2D eigenvalue weighted by Gasteiger charge is -2.30. The van der Waals surface area contributed by atoms with Crippen LogP contribution in [0.2, 0.25) is 0 Å². The number of H-pyrrole nitrogens is 1. The number of hydrogen-bond acceptors (Lipinski definition) is 6. The van der Waals surface area contributed by atoms with Gasteiger partial charge in [0, 0.05) is 48.2 Å². The average molecular weight is 447 g/mol. The number of carbonyl (C=O) groups is 1. The standard InChI is InChI=1S/C24H25N5O4/c1-2-17-14-22(30)27-23(25-17)16-7-6-8-18(13-16)26-24(31)20-15-19(29(32)33)9-10-21(20)28-11-4-3-5-12-28/h6-10,13-15H,2-5,11-12H2,1H3,(H,26,31)(H,25,27,30). The molecule has 1 aromatic heterocycles. The molecule has 0 aliphatic carbocycles. The number of rotatable bonds is 6. The van der Waals surface area contributed by atoms with Crippen LogP contribution in [0.4, 0.5) is 17.1 Å². The molecule has 33 heavy (non-hydrogen) atoms. The molecule has 1 aliphatic rings. The Morgan fingerprint density at radius 1 is 1.15 bits per heavy atom. The van der Waals surface area contributed by atoms with E-state index in [0.29, 0.717) is 34.9 Å². The smallest absolute Gasteiger partial charge is 0.270 e. The first-order valence-corrected chi connectivity index (χ1v) is 11.0. The van der Waals surface area contributed by atoms with Gasteiger partial charge in [0.1, 0.15) is 5.82 Å². The highest BCUT2D eigenvalue weighted by Gasteiger charge is 2.22. The van der Waals surface area contributed by atoms with Crippen molar-refractivity contribution in [3.8, 4) is 11.4 Å². The number of anilines is 2. The van der Waals surface area contributed by atoms with Crippen molar-refractivity contribution in [3.05, 3.63) is 80.3 Å². The van der Waals surface area contributed by atoms with Crippen molar-refractivity contribution in [2.45, 2.75) is 32.6 Å². The lowest BCUT2D eigenvalue weighted by Crippen LogP contribution is -2.31. The van der Waals surface area contributed by atoms with Crippen LogP contribution in [0.25, 0.3) is 11.4 Å². The number of aromatic nitrogens is 2. The molecule has 1 aliphatic heterocycles. The molecule has 0 bridgehead atoms. The number of nitro benzene ring substituents is 1. The summed E-state index contributed by atoms with van der Waals surface area (Å²) in [5, 5.41) is 14.2. The first-order valence-electron chi connectivity index (χ1n) is 11.0. The van der Waals surface area contributed by atoms with Crippen LogP contribution in [-0.4, -0.2) is 33.9 Å². The van der Waals surface area contributed by atoms with E-state index in [0.717, 1.165) is 32.4 Å². The number of nitro groups is 1. The third-order valence-electron chi connectivity index (χ3n) is 5.68. The fraction of sp³-hybridized carbons (Fsp3) is 0.292. The van der Waals surface area contributed by atoms with Gasteiger partial charge in [-0.1, -0.05) is 19.1 Å². The van der Waals surface area contributed by atoms with E-state index in [1.165, 1.54) is 18.2 Å². The fourth-order valence-electron chi connectivity index (χ4n) is 4.00. The highest BCUT2D eigenvalue weighted by molar-refractivity contribution is 6.08. The second-order valence-electron chi connectivity index (χ2n) is 7.98. The molecule has 0 spiro atoms. The highest BCUT2D eigenvalue weighted by atomic mass is 16.6. The van der Waals surface area contributed by atoms with E-state index in [-0.39, 0.29) is 16.8 Å². The van der Waals surface area contributed by atoms with Crippen molar-refractivity contribution in [3.63, 3.8) is 0 Å². The summed E-state index contributed by atoms with van der Waals surface area (Å²) >= 11 is 0. The Labute approximate surface area is 190 Å². The van der Waals surface area contributed by atoms with Crippen LogP contribution in [0.3, 0.4) is 0 Å². The maximum Gasteiger partial charge on any atom is 0.270 e. The summed E-state index contributed by atoms with van der Waals surface area (Å²) in [4.78, 5) is 45.3. The van der Waals surface area contributed by atoms with Crippen LogP contribution in [0.1, 0.15) is 42.2 Å². The van der Waals surface area contributed by atoms with E-state index >= 15 is 0 Å². The molecule has 170 valence electrons. The van der Waals surface area contributed by atoms with Crippen LogP contribution in [0.15, 0.2) is 53.3 Å². The van der Waals surface area contributed by atoms with Gasteiger partial charge >= 0.3 is 0 Å². The SMILES string of the molecule is CCc1cc(=O)[nH]c(-c2cccc(NC(=O)c3cc([N+](=O)[O-])ccc3N3CCCCC3)c2)n1. The van der Waals surface area contributed by atoms with Gasteiger partial charge < -0.3 is 15.2 Å². The predicted molar refractivity (Wildman–Crippen MR) is 127 cm³/mol. The van der Waals surface area contributed by atoms with Crippen molar-refractivity contribution in [2.75, 3.05) is 23.3 Å². The topological polar surface area (TPSA) is 121 Å². The van der Waals surface area contributed by atoms with Crippen LogP contribution < -0.4 is 15.8 Å². The van der Waals surface area contributed by atoms with Crippen LogP contribution in [0, 0.1) is 10.1 Å². The summed E-state index contributed by atoms with van der Waals surface area (Å²) in [5.74, 6) is -0.0139. The number of amides is 1. The van der Waals surface area contributed by atoms with Crippen molar-refractivity contribution in [1.82, 2.24) is 9.97 Å². The largest absolute Gasteiger partial charge is 0.371 e. The van der Waals surface area contributed by atoms with Gasteiger partial charge in [-0.15, -0.1) is 0 Å². The maximum absolute atomic E-state index is 13.2. The van der Waals surface area contributed by atoms with E-state index in [1.807, 2.05) is 6.92 Å². The summed E-state index contributed by atoms with van der Waals surface area (Å²) in [6.45, 7) is 3.53. The van der Waals surface area contributed by atoms with Gasteiger partial charge in [-0.3, -0.25) is 19.7 Å². The Kier molecular flexibility index (Phi) is 6.48. The van der Waals surface area contributed by atoms with Crippen molar-refractivity contribution < 1.29 is 9.72 Å². The van der Waals surface area contributed by atoms with E-state index in [9.17, 15) is 19.7 Å². The van der Waals surface area contributed by atoms with Gasteiger partial charge in [-0.2, -0.15) is 0 Å². The maximum atomic E-state index is 13.2. The molecule has 1 amide bonds. The molecule has 9 heteroatoms. The van der Waals surface area contributed by atoms with Gasteiger partial charge in [0.25, 0.3) is 17.2 Å². The summed E-state index contributed by atoms with van der Waals surface area (Å²) in [5.41, 5.74) is 2.40. The molecule has 2 heterocycles. The molecule has 1 fully saturated rings. The van der Waals surface area contributed by atoms with Gasteiger partial charge in [-0.25, -0.2) is 4.98 Å². The second-order valence-corrected chi connectivity index (χ2v) is 7.98. The Hall–Kier alpha value is -4.01. The minimum atomic E-state index is -0.500. The van der Waals surface area contributed by atoms with Crippen LogP contribution in [-0.2, 0) is 6.42 Å². The summed E-state index contributed by atoms with van der Waals surface area (Å²) in [7, 11) is 0. The van der Waals surface area contributed by atoms with Crippen LogP contribution in [0.5, 0.6) is 0 Å². The fourth-order valence-corrected chi connectivity index (χ4v) is 4.00. The molecular weight excluding hydrogens is 422 g/mol. The number of benzene rings is 2. The van der Waals surface area contributed by atoms with Gasteiger partial charge in [0.2, 0.25) is 0 Å². The third kappa shape index (κ3) is 5.08. The molecular formula is C24H25N5O4. The normalized spacial score (nSPS) is 13.5. The first kappa shape index (κ1) is 22.2. The number of hydrogen-bond donors (Lipinski definition) is 2. The Balaban J connectivity index is 1.65. The predicted octanol–water partition coefficient (Wildman–Crippen LogP) is 4.15. The number of piperidine rings is 1. The van der Waals surface area contributed by atoms with E-state index in [1.54, 1.807) is 30.3 Å². The monoisotopic (exact) mass is 447 g/mol. The number of non-ortho nitro benzene ring substituents is 1. The molecule has 0 radical (unpaired) electrons. The molecule has 2 aromatic carbocycles. The van der Waals surface area contributed by atoms with Crippen molar-refractivity contribution in [1.29, 1.82) is 0 Å². The minimum absolute atomic E-state index is 0.132. The zero-order valence-corrected chi connectivity index (χ0v) is 18.3. The molecule has 0 atom stereocenters. The van der Waals surface area contributed by atoms with E-state index < -0.39 is 10.8 Å². The van der Waals surface area contributed by atoms with Crippen molar-refractivity contribution in [2.24, 2.45) is 0 Å². The zero-order valence-electron chi connectivity index (χ0n) is 18.3. The molecule has 9 nitrogen and oxygen atoms in total.